The fraction of sp³-hybridized carbons (Fsp3) is 0.818. The molecule has 0 aliphatic carbocycles. The monoisotopic (exact) mass is 245 g/mol. The number of rotatable bonds is 7. The van der Waals surface area contributed by atoms with Gasteiger partial charge in [0.05, 0.1) is 0 Å². The van der Waals surface area contributed by atoms with Crippen molar-refractivity contribution in [1.29, 1.82) is 0 Å². The second-order valence-corrected chi connectivity index (χ2v) is 4.24. The third-order valence-electron chi connectivity index (χ3n) is 2.65. The molecule has 17 heavy (non-hydrogen) atoms. The number of amidine groups is 1. The van der Waals surface area contributed by atoms with Crippen LogP contribution in [0.5, 0.6) is 0 Å². The van der Waals surface area contributed by atoms with Crippen molar-refractivity contribution < 1.29 is 15.1 Å². The van der Waals surface area contributed by atoms with E-state index in [-0.39, 0.29) is 24.3 Å². The number of nitrogens with zero attached hydrogens (tertiary/aromatic N) is 2. The minimum atomic E-state index is -0.612. The molecule has 0 fully saturated rings. The molecule has 0 aromatic heterocycles. The Morgan fingerprint density at radius 2 is 2.06 bits per heavy atom. The summed E-state index contributed by atoms with van der Waals surface area (Å²) in [6.07, 6.45) is 0.528. The maximum atomic E-state index is 12.2. The topological polar surface area (TPSA) is 99.2 Å². The van der Waals surface area contributed by atoms with E-state index in [4.69, 9.17) is 16.0 Å². The van der Waals surface area contributed by atoms with E-state index >= 15 is 0 Å². The van der Waals surface area contributed by atoms with E-state index in [1.54, 1.807) is 4.90 Å². The fourth-order valence-corrected chi connectivity index (χ4v) is 1.70. The molecule has 0 radical (unpaired) electrons. The van der Waals surface area contributed by atoms with Gasteiger partial charge in [-0.1, -0.05) is 19.0 Å². The summed E-state index contributed by atoms with van der Waals surface area (Å²) in [5, 5.41) is 20.4. The van der Waals surface area contributed by atoms with Crippen LogP contribution >= 0.6 is 0 Å². The molecule has 1 unspecified atom stereocenters. The molecule has 0 aromatic carbocycles. The third kappa shape index (κ3) is 4.60. The van der Waals surface area contributed by atoms with Gasteiger partial charge >= 0.3 is 0 Å². The van der Waals surface area contributed by atoms with Crippen molar-refractivity contribution in [3.05, 3.63) is 0 Å². The largest absolute Gasteiger partial charge is 0.409 e. The van der Waals surface area contributed by atoms with Gasteiger partial charge in [-0.25, -0.2) is 0 Å². The molecule has 0 saturated carbocycles. The van der Waals surface area contributed by atoms with Crippen LogP contribution in [0.3, 0.4) is 0 Å². The number of carbonyl (C=O) groups is 1. The highest BCUT2D eigenvalue weighted by Crippen LogP contribution is 2.15. The molecule has 0 heterocycles. The van der Waals surface area contributed by atoms with E-state index in [1.807, 2.05) is 20.8 Å². The lowest BCUT2D eigenvalue weighted by atomic mass is 9.93. The standard InChI is InChI=1S/C11H23N3O3/c1-4-14(6-5-7-15)11(16)9(8(2)3)10(12)13-17/h8-9,15,17H,4-7H2,1-3H3,(H2,12,13). The quantitative estimate of drug-likeness (QED) is 0.259. The van der Waals surface area contributed by atoms with Crippen LogP contribution in [0, 0.1) is 11.8 Å². The van der Waals surface area contributed by atoms with E-state index < -0.39 is 5.92 Å². The molecule has 0 aliphatic rings. The van der Waals surface area contributed by atoms with Gasteiger partial charge in [-0.15, -0.1) is 0 Å². The second-order valence-electron chi connectivity index (χ2n) is 4.24. The molecule has 1 atom stereocenters. The van der Waals surface area contributed by atoms with Gasteiger partial charge in [0.15, 0.2) is 5.84 Å². The number of aliphatic hydroxyl groups excluding tert-OH is 1. The first-order valence-electron chi connectivity index (χ1n) is 5.86. The Balaban J connectivity index is 4.80. The second kappa shape index (κ2) is 7.89. The molecule has 6 nitrogen and oxygen atoms in total. The Labute approximate surface area is 102 Å². The Morgan fingerprint density at radius 1 is 1.47 bits per heavy atom. The van der Waals surface area contributed by atoms with Gasteiger partial charge in [0.1, 0.15) is 5.92 Å². The average Bonchev–Trinajstić information content (AvgIpc) is 2.29. The van der Waals surface area contributed by atoms with E-state index in [2.05, 4.69) is 5.16 Å². The number of hydrogen-bond acceptors (Lipinski definition) is 4. The van der Waals surface area contributed by atoms with Crippen LogP contribution in [-0.4, -0.2) is 46.7 Å². The molecule has 0 aliphatic heterocycles. The van der Waals surface area contributed by atoms with Crippen molar-refractivity contribution in [2.24, 2.45) is 22.7 Å². The lowest BCUT2D eigenvalue weighted by Gasteiger charge is -2.27. The average molecular weight is 245 g/mol. The van der Waals surface area contributed by atoms with Crippen molar-refractivity contribution in [3.8, 4) is 0 Å². The first kappa shape index (κ1) is 15.7. The van der Waals surface area contributed by atoms with Crippen LogP contribution in [0.25, 0.3) is 0 Å². The van der Waals surface area contributed by atoms with Gasteiger partial charge in [-0.05, 0) is 19.3 Å². The van der Waals surface area contributed by atoms with Crippen molar-refractivity contribution in [1.82, 2.24) is 4.90 Å². The molecular weight excluding hydrogens is 222 g/mol. The maximum Gasteiger partial charge on any atom is 0.233 e. The summed E-state index contributed by atoms with van der Waals surface area (Å²) in [6, 6.07) is 0. The predicted octanol–water partition coefficient (Wildman–Crippen LogP) is 0.236. The highest BCUT2D eigenvalue weighted by atomic mass is 16.4. The highest BCUT2D eigenvalue weighted by molar-refractivity contribution is 6.02. The van der Waals surface area contributed by atoms with Crippen molar-refractivity contribution in [2.45, 2.75) is 27.2 Å². The minimum Gasteiger partial charge on any atom is -0.409 e. The maximum absolute atomic E-state index is 12.2. The SMILES string of the molecule is CCN(CCCO)C(=O)C(C(N)=NO)C(C)C. The molecule has 100 valence electrons. The molecule has 4 N–H and O–H groups in total. The van der Waals surface area contributed by atoms with E-state index in [1.165, 1.54) is 0 Å². The van der Waals surface area contributed by atoms with Gasteiger partial charge in [0, 0.05) is 19.7 Å². The molecule has 0 saturated heterocycles. The molecular formula is C11H23N3O3. The van der Waals surface area contributed by atoms with Crippen LogP contribution in [0.1, 0.15) is 27.2 Å². The smallest absolute Gasteiger partial charge is 0.233 e. The Morgan fingerprint density at radius 3 is 2.41 bits per heavy atom. The summed E-state index contributed by atoms with van der Waals surface area (Å²) in [6.45, 7) is 6.62. The number of aliphatic hydroxyl groups is 1. The van der Waals surface area contributed by atoms with Crippen LogP contribution in [-0.2, 0) is 4.79 Å². The Bertz CT molecular complexity index is 267. The molecule has 6 heteroatoms. The normalized spacial score (nSPS) is 13.8. The first-order chi connectivity index (χ1) is 7.99. The van der Waals surface area contributed by atoms with E-state index in [9.17, 15) is 4.79 Å². The summed E-state index contributed by atoms with van der Waals surface area (Å²) in [5.74, 6) is -0.876. The molecule has 0 aromatic rings. The zero-order chi connectivity index (χ0) is 13.4. The predicted molar refractivity (Wildman–Crippen MR) is 65.7 cm³/mol. The van der Waals surface area contributed by atoms with Gasteiger partial charge in [-0.3, -0.25) is 4.79 Å². The minimum absolute atomic E-state index is 0.0402. The lowest BCUT2D eigenvalue weighted by molar-refractivity contribution is -0.134. The van der Waals surface area contributed by atoms with E-state index in [0.717, 1.165) is 0 Å². The third-order valence-corrected chi connectivity index (χ3v) is 2.65. The van der Waals surface area contributed by atoms with Gasteiger partial charge < -0.3 is 20.9 Å². The lowest BCUT2D eigenvalue weighted by Crippen LogP contribution is -2.44. The summed E-state index contributed by atoms with van der Waals surface area (Å²) in [4.78, 5) is 13.8. The Kier molecular flexibility index (Phi) is 7.29. The van der Waals surface area contributed by atoms with Crippen LogP contribution < -0.4 is 5.73 Å². The zero-order valence-corrected chi connectivity index (χ0v) is 10.8. The number of hydrogen-bond donors (Lipinski definition) is 3. The van der Waals surface area contributed by atoms with Gasteiger partial charge in [-0.2, -0.15) is 0 Å². The molecule has 0 spiro atoms. The van der Waals surface area contributed by atoms with Crippen LogP contribution in [0.4, 0.5) is 0 Å². The van der Waals surface area contributed by atoms with Gasteiger partial charge in [0.2, 0.25) is 5.91 Å². The van der Waals surface area contributed by atoms with Crippen molar-refractivity contribution >= 4 is 11.7 Å². The fourth-order valence-electron chi connectivity index (χ4n) is 1.70. The Hall–Kier alpha value is -1.30. The number of amides is 1. The number of oxime groups is 1. The van der Waals surface area contributed by atoms with Crippen molar-refractivity contribution in [3.63, 3.8) is 0 Å². The number of nitrogens with two attached hydrogens (primary N) is 1. The summed E-state index contributed by atoms with van der Waals surface area (Å²) < 4.78 is 0. The van der Waals surface area contributed by atoms with Crippen LogP contribution in [0.2, 0.25) is 0 Å². The molecule has 0 bridgehead atoms. The van der Waals surface area contributed by atoms with Crippen molar-refractivity contribution in [2.75, 3.05) is 19.7 Å². The first-order valence-corrected chi connectivity index (χ1v) is 5.86. The molecule has 1 amide bonds. The summed E-state index contributed by atoms with van der Waals surface area (Å²) in [5.41, 5.74) is 5.54. The highest BCUT2D eigenvalue weighted by Gasteiger charge is 2.29. The molecule has 0 rings (SSSR count). The summed E-state index contributed by atoms with van der Waals surface area (Å²) >= 11 is 0. The van der Waals surface area contributed by atoms with Crippen LogP contribution in [0.15, 0.2) is 5.16 Å². The summed E-state index contributed by atoms with van der Waals surface area (Å²) in [7, 11) is 0. The van der Waals surface area contributed by atoms with Gasteiger partial charge in [0.25, 0.3) is 0 Å². The zero-order valence-electron chi connectivity index (χ0n) is 10.8. The van der Waals surface area contributed by atoms with E-state index in [0.29, 0.717) is 19.5 Å². The number of carbonyl (C=O) groups excluding carboxylic acids is 1.